The van der Waals surface area contributed by atoms with Gasteiger partial charge in [0, 0.05) is 25.2 Å². The van der Waals surface area contributed by atoms with Crippen LogP contribution in [0.1, 0.15) is 49.1 Å². The van der Waals surface area contributed by atoms with Gasteiger partial charge in [0.2, 0.25) is 0 Å². The SMILES string of the molecule is Cc1noc(C)c1CCCN=C(N)N1CCCCCC1.I. The molecule has 0 atom stereocenters. The normalized spacial score (nSPS) is 16.5. The van der Waals surface area contributed by atoms with Gasteiger partial charge >= 0.3 is 0 Å². The smallest absolute Gasteiger partial charge is 0.191 e. The summed E-state index contributed by atoms with van der Waals surface area (Å²) in [5.41, 5.74) is 8.29. The van der Waals surface area contributed by atoms with Crippen molar-refractivity contribution >= 4 is 29.9 Å². The van der Waals surface area contributed by atoms with Crippen LogP contribution in [0.25, 0.3) is 0 Å². The summed E-state index contributed by atoms with van der Waals surface area (Å²) in [6.45, 7) is 6.83. The summed E-state index contributed by atoms with van der Waals surface area (Å²) in [4.78, 5) is 6.74. The first-order valence-electron chi connectivity index (χ1n) is 7.65. The highest BCUT2D eigenvalue weighted by Gasteiger charge is 2.11. The van der Waals surface area contributed by atoms with Crippen LogP contribution in [0.5, 0.6) is 0 Å². The van der Waals surface area contributed by atoms with Crippen molar-refractivity contribution in [2.75, 3.05) is 19.6 Å². The third kappa shape index (κ3) is 5.48. The van der Waals surface area contributed by atoms with Gasteiger partial charge in [-0.25, -0.2) is 0 Å². The fourth-order valence-corrected chi connectivity index (χ4v) is 2.71. The lowest BCUT2D eigenvalue weighted by atomic mass is 10.1. The lowest BCUT2D eigenvalue weighted by Crippen LogP contribution is -2.38. The van der Waals surface area contributed by atoms with Crippen LogP contribution < -0.4 is 5.73 Å². The zero-order chi connectivity index (χ0) is 14.4. The number of aliphatic imine (C=N–C) groups is 1. The quantitative estimate of drug-likeness (QED) is 0.361. The largest absolute Gasteiger partial charge is 0.370 e. The molecule has 0 amide bonds. The molecule has 0 saturated carbocycles. The van der Waals surface area contributed by atoms with Crippen molar-refractivity contribution in [3.8, 4) is 0 Å². The molecule has 0 bridgehead atoms. The molecule has 0 aliphatic carbocycles. The Morgan fingerprint density at radius 3 is 2.48 bits per heavy atom. The Balaban J connectivity index is 0.00000220. The molecule has 0 aromatic carbocycles. The Hall–Kier alpha value is -0.790. The number of hydrogen-bond acceptors (Lipinski definition) is 3. The molecule has 120 valence electrons. The van der Waals surface area contributed by atoms with Gasteiger partial charge < -0.3 is 15.2 Å². The standard InChI is InChI=1S/C15H26N4O.HI/c1-12-14(13(2)20-18-12)8-7-9-17-15(16)19-10-5-3-4-6-11-19;/h3-11H2,1-2H3,(H2,16,17);1H. The van der Waals surface area contributed by atoms with E-state index in [1.807, 2.05) is 13.8 Å². The van der Waals surface area contributed by atoms with Gasteiger partial charge in [-0.1, -0.05) is 18.0 Å². The maximum atomic E-state index is 6.08. The molecular formula is C15H27IN4O. The van der Waals surface area contributed by atoms with Gasteiger partial charge in [-0.05, 0) is 39.5 Å². The molecule has 1 fully saturated rings. The Morgan fingerprint density at radius 1 is 1.24 bits per heavy atom. The van der Waals surface area contributed by atoms with Crippen molar-refractivity contribution in [2.24, 2.45) is 10.7 Å². The van der Waals surface area contributed by atoms with Gasteiger partial charge in [-0.15, -0.1) is 24.0 Å². The molecule has 0 spiro atoms. The number of aryl methyl sites for hydroxylation is 2. The number of likely N-dealkylation sites (tertiary alicyclic amines) is 1. The minimum absolute atomic E-state index is 0. The van der Waals surface area contributed by atoms with Crippen LogP contribution in [0.3, 0.4) is 0 Å². The third-order valence-corrected chi connectivity index (χ3v) is 3.97. The number of nitrogens with two attached hydrogens (primary N) is 1. The molecule has 2 heterocycles. The average Bonchev–Trinajstić information content (AvgIpc) is 2.67. The molecule has 1 aliphatic rings. The minimum atomic E-state index is 0. The number of rotatable bonds is 4. The Kier molecular flexibility index (Phi) is 8.06. The monoisotopic (exact) mass is 406 g/mol. The van der Waals surface area contributed by atoms with E-state index in [0.29, 0.717) is 5.96 Å². The molecule has 1 saturated heterocycles. The van der Waals surface area contributed by atoms with E-state index in [1.54, 1.807) is 0 Å². The number of halogens is 1. The molecule has 1 aromatic rings. The lowest BCUT2D eigenvalue weighted by molar-refractivity contribution is 0.392. The van der Waals surface area contributed by atoms with Crippen LogP contribution in [-0.4, -0.2) is 35.7 Å². The summed E-state index contributed by atoms with van der Waals surface area (Å²) in [5, 5.41) is 3.97. The van der Waals surface area contributed by atoms with E-state index in [0.717, 1.165) is 43.9 Å². The third-order valence-electron chi connectivity index (χ3n) is 3.97. The second-order valence-electron chi connectivity index (χ2n) is 5.55. The van der Waals surface area contributed by atoms with Crippen molar-refractivity contribution < 1.29 is 4.52 Å². The van der Waals surface area contributed by atoms with Crippen molar-refractivity contribution in [1.29, 1.82) is 0 Å². The fourth-order valence-electron chi connectivity index (χ4n) is 2.71. The molecule has 21 heavy (non-hydrogen) atoms. The molecule has 5 nitrogen and oxygen atoms in total. The highest BCUT2D eigenvalue weighted by Crippen LogP contribution is 2.14. The maximum Gasteiger partial charge on any atom is 0.191 e. The van der Waals surface area contributed by atoms with E-state index in [1.165, 1.54) is 31.2 Å². The van der Waals surface area contributed by atoms with E-state index in [4.69, 9.17) is 10.3 Å². The number of aromatic nitrogens is 1. The van der Waals surface area contributed by atoms with Gasteiger partial charge in [0.1, 0.15) is 5.76 Å². The molecule has 2 N–H and O–H groups in total. The average molecular weight is 406 g/mol. The van der Waals surface area contributed by atoms with Gasteiger partial charge in [0.25, 0.3) is 0 Å². The van der Waals surface area contributed by atoms with Gasteiger partial charge in [-0.3, -0.25) is 4.99 Å². The molecule has 6 heteroatoms. The summed E-state index contributed by atoms with van der Waals surface area (Å²) in [6.07, 6.45) is 7.03. The predicted molar refractivity (Wildman–Crippen MR) is 96.2 cm³/mol. The number of hydrogen-bond donors (Lipinski definition) is 1. The van der Waals surface area contributed by atoms with Crippen LogP contribution in [0.15, 0.2) is 9.52 Å². The van der Waals surface area contributed by atoms with Crippen LogP contribution in [0.4, 0.5) is 0 Å². The summed E-state index contributed by atoms with van der Waals surface area (Å²) in [7, 11) is 0. The van der Waals surface area contributed by atoms with E-state index < -0.39 is 0 Å². The second kappa shape index (κ2) is 9.27. The van der Waals surface area contributed by atoms with Gasteiger partial charge in [-0.2, -0.15) is 0 Å². The second-order valence-corrected chi connectivity index (χ2v) is 5.55. The van der Waals surface area contributed by atoms with Crippen molar-refractivity contribution in [3.05, 3.63) is 17.0 Å². The van der Waals surface area contributed by atoms with E-state index in [9.17, 15) is 0 Å². The lowest BCUT2D eigenvalue weighted by Gasteiger charge is -2.21. The summed E-state index contributed by atoms with van der Waals surface area (Å²) >= 11 is 0. The number of guanidine groups is 1. The van der Waals surface area contributed by atoms with Crippen molar-refractivity contribution in [2.45, 2.75) is 52.4 Å². The van der Waals surface area contributed by atoms with Crippen LogP contribution >= 0.6 is 24.0 Å². The Labute approximate surface area is 144 Å². The zero-order valence-corrected chi connectivity index (χ0v) is 15.4. The van der Waals surface area contributed by atoms with Crippen LogP contribution in [-0.2, 0) is 6.42 Å². The summed E-state index contributed by atoms with van der Waals surface area (Å²) < 4.78 is 5.16. The molecular weight excluding hydrogens is 379 g/mol. The predicted octanol–water partition coefficient (Wildman–Crippen LogP) is 3.03. The molecule has 1 aliphatic heterocycles. The first kappa shape index (κ1) is 18.3. The summed E-state index contributed by atoms with van der Waals surface area (Å²) in [5.74, 6) is 1.64. The van der Waals surface area contributed by atoms with E-state index in [-0.39, 0.29) is 24.0 Å². The van der Waals surface area contributed by atoms with Crippen LogP contribution in [0.2, 0.25) is 0 Å². The first-order chi connectivity index (χ1) is 9.68. The molecule has 0 unspecified atom stereocenters. The topological polar surface area (TPSA) is 67.6 Å². The van der Waals surface area contributed by atoms with E-state index in [2.05, 4.69) is 15.0 Å². The van der Waals surface area contributed by atoms with Crippen molar-refractivity contribution in [3.63, 3.8) is 0 Å². The zero-order valence-electron chi connectivity index (χ0n) is 13.1. The molecule has 0 radical (unpaired) electrons. The number of nitrogens with zero attached hydrogens (tertiary/aromatic N) is 3. The highest BCUT2D eigenvalue weighted by atomic mass is 127. The molecule has 1 aromatic heterocycles. The minimum Gasteiger partial charge on any atom is -0.370 e. The highest BCUT2D eigenvalue weighted by molar-refractivity contribution is 14.0. The Morgan fingerprint density at radius 2 is 1.90 bits per heavy atom. The van der Waals surface area contributed by atoms with Gasteiger partial charge in [0.15, 0.2) is 5.96 Å². The van der Waals surface area contributed by atoms with E-state index >= 15 is 0 Å². The summed E-state index contributed by atoms with van der Waals surface area (Å²) in [6, 6.07) is 0. The van der Waals surface area contributed by atoms with Gasteiger partial charge in [0.05, 0.1) is 5.69 Å². The maximum absolute atomic E-state index is 6.08. The van der Waals surface area contributed by atoms with Crippen LogP contribution in [0, 0.1) is 13.8 Å². The molecule has 2 rings (SSSR count). The fraction of sp³-hybridized carbons (Fsp3) is 0.733. The first-order valence-corrected chi connectivity index (χ1v) is 7.65. The van der Waals surface area contributed by atoms with Crippen molar-refractivity contribution in [1.82, 2.24) is 10.1 Å². The Bertz CT molecular complexity index is 431.